The summed E-state index contributed by atoms with van der Waals surface area (Å²) in [6.45, 7) is 3.00. The molecule has 0 saturated carbocycles. The molecule has 4 rings (SSSR count). The van der Waals surface area contributed by atoms with E-state index in [1.54, 1.807) is 23.0 Å². The molecule has 0 fully saturated rings. The highest BCUT2D eigenvalue weighted by Gasteiger charge is 2.08. The van der Waals surface area contributed by atoms with E-state index in [0.717, 1.165) is 23.1 Å². The Hall–Kier alpha value is -3.06. The van der Waals surface area contributed by atoms with Gasteiger partial charge in [-0.3, -0.25) is 5.10 Å². The van der Waals surface area contributed by atoms with Gasteiger partial charge in [-0.25, -0.2) is 4.39 Å². The standard InChI is InChI=1S/C20H18FN5S/c1-2-25-13-15(17-5-3-4-6-18(17)25)12-22-26-19(23-24-20(26)27)11-14-7-9-16(21)10-8-14/h3-10,12-13H,2,11H2,1H3,(H,24,27)/b22-12-. The molecule has 0 amide bonds. The van der Waals surface area contributed by atoms with E-state index in [0.29, 0.717) is 17.0 Å². The third-order valence-electron chi connectivity index (χ3n) is 4.47. The minimum atomic E-state index is -0.261. The quantitative estimate of drug-likeness (QED) is 0.409. The molecule has 5 nitrogen and oxygen atoms in total. The summed E-state index contributed by atoms with van der Waals surface area (Å²) in [4.78, 5) is 0. The predicted molar refractivity (Wildman–Crippen MR) is 107 cm³/mol. The molecular weight excluding hydrogens is 361 g/mol. The van der Waals surface area contributed by atoms with Gasteiger partial charge in [0.2, 0.25) is 4.77 Å². The van der Waals surface area contributed by atoms with Gasteiger partial charge in [0.05, 0.1) is 6.21 Å². The molecule has 0 aliphatic rings. The van der Waals surface area contributed by atoms with E-state index in [1.807, 2.05) is 12.1 Å². The zero-order valence-corrected chi connectivity index (χ0v) is 15.6. The summed E-state index contributed by atoms with van der Waals surface area (Å²) in [6.07, 6.45) is 4.38. The van der Waals surface area contributed by atoms with Crippen molar-refractivity contribution in [3.8, 4) is 0 Å². The second-order valence-electron chi connectivity index (χ2n) is 6.19. The molecule has 0 unspecified atom stereocenters. The van der Waals surface area contributed by atoms with Gasteiger partial charge in [0.15, 0.2) is 5.82 Å². The zero-order valence-electron chi connectivity index (χ0n) is 14.8. The maximum absolute atomic E-state index is 13.1. The van der Waals surface area contributed by atoms with Gasteiger partial charge < -0.3 is 4.57 Å². The van der Waals surface area contributed by atoms with Crippen LogP contribution < -0.4 is 0 Å². The zero-order chi connectivity index (χ0) is 18.8. The van der Waals surface area contributed by atoms with Crippen LogP contribution in [0.25, 0.3) is 10.9 Å². The van der Waals surface area contributed by atoms with Crippen LogP contribution in [0.15, 0.2) is 59.8 Å². The van der Waals surface area contributed by atoms with Crippen molar-refractivity contribution in [2.75, 3.05) is 0 Å². The summed E-state index contributed by atoms with van der Waals surface area (Å²) in [5.74, 6) is 0.407. The fourth-order valence-corrected chi connectivity index (χ4v) is 3.30. The highest BCUT2D eigenvalue weighted by molar-refractivity contribution is 7.71. The lowest BCUT2D eigenvalue weighted by molar-refractivity contribution is 0.627. The molecule has 0 radical (unpaired) electrons. The van der Waals surface area contributed by atoms with Crippen LogP contribution in [0.4, 0.5) is 4.39 Å². The number of aryl methyl sites for hydroxylation is 1. The topological polar surface area (TPSA) is 50.9 Å². The Morgan fingerprint density at radius 3 is 2.74 bits per heavy atom. The fourth-order valence-electron chi connectivity index (χ4n) is 3.10. The first kappa shape index (κ1) is 17.4. The summed E-state index contributed by atoms with van der Waals surface area (Å²) in [7, 11) is 0. The lowest BCUT2D eigenvalue weighted by Gasteiger charge is -2.01. The van der Waals surface area contributed by atoms with E-state index in [4.69, 9.17) is 12.2 Å². The molecule has 0 aliphatic heterocycles. The lowest BCUT2D eigenvalue weighted by atomic mass is 10.1. The molecule has 4 aromatic rings. The molecular formula is C20H18FN5S. The van der Waals surface area contributed by atoms with E-state index in [1.165, 1.54) is 17.6 Å². The summed E-state index contributed by atoms with van der Waals surface area (Å²) in [5.41, 5.74) is 3.12. The number of nitrogens with zero attached hydrogens (tertiary/aromatic N) is 4. The van der Waals surface area contributed by atoms with Gasteiger partial charge in [0.1, 0.15) is 5.82 Å². The van der Waals surface area contributed by atoms with Gasteiger partial charge >= 0.3 is 0 Å². The number of nitrogens with one attached hydrogen (secondary N) is 1. The van der Waals surface area contributed by atoms with Gasteiger partial charge in [0, 0.05) is 35.6 Å². The maximum Gasteiger partial charge on any atom is 0.216 e. The monoisotopic (exact) mass is 379 g/mol. The van der Waals surface area contributed by atoms with Crippen LogP contribution >= 0.6 is 12.2 Å². The van der Waals surface area contributed by atoms with Crippen LogP contribution in [0.5, 0.6) is 0 Å². The van der Waals surface area contributed by atoms with Crippen molar-refractivity contribution in [2.24, 2.45) is 5.10 Å². The van der Waals surface area contributed by atoms with Crippen LogP contribution in [0.1, 0.15) is 23.9 Å². The summed E-state index contributed by atoms with van der Waals surface area (Å²) >= 11 is 5.32. The third-order valence-corrected chi connectivity index (χ3v) is 4.73. The smallest absolute Gasteiger partial charge is 0.216 e. The molecule has 0 atom stereocenters. The van der Waals surface area contributed by atoms with E-state index in [-0.39, 0.29) is 5.82 Å². The minimum Gasteiger partial charge on any atom is -0.347 e. The third kappa shape index (κ3) is 3.46. The Bertz CT molecular complexity index is 1170. The number of H-pyrrole nitrogens is 1. The SMILES string of the molecule is CCn1cc(/C=N\n2c(Cc3ccc(F)cc3)n[nH]c2=S)c2ccccc21. The van der Waals surface area contributed by atoms with Crippen LogP contribution in [-0.4, -0.2) is 25.7 Å². The Labute approximate surface area is 160 Å². The molecule has 2 aromatic heterocycles. The largest absolute Gasteiger partial charge is 0.347 e. The Morgan fingerprint density at radius 1 is 1.19 bits per heavy atom. The van der Waals surface area contributed by atoms with Crippen LogP contribution in [0, 0.1) is 10.6 Å². The number of benzene rings is 2. The van der Waals surface area contributed by atoms with Gasteiger partial charge in [-0.1, -0.05) is 30.3 Å². The molecule has 136 valence electrons. The molecule has 0 saturated heterocycles. The molecule has 2 heterocycles. The second-order valence-corrected chi connectivity index (χ2v) is 6.58. The van der Waals surface area contributed by atoms with Crippen LogP contribution in [-0.2, 0) is 13.0 Å². The van der Waals surface area contributed by atoms with Crippen molar-refractivity contribution in [2.45, 2.75) is 19.9 Å². The Kier molecular flexibility index (Phi) is 4.68. The number of hydrogen-bond acceptors (Lipinski definition) is 3. The van der Waals surface area contributed by atoms with E-state index in [2.05, 4.69) is 45.1 Å². The van der Waals surface area contributed by atoms with Crippen molar-refractivity contribution < 1.29 is 4.39 Å². The van der Waals surface area contributed by atoms with Crippen LogP contribution in [0.2, 0.25) is 0 Å². The van der Waals surface area contributed by atoms with Gasteiger partial charge in [0.25, 0.3) is 0 Å². The fraction of sp³-hybridized carbons (Fsp3) is 0.150. The molecule has 2 aromatic carbocycles. The number of halogens is 1. The average Bonchev–Trinajstić information content (AvgIpc) is 3.22. The first-order valence-corrected chi connectivity index (χ1v) is 9.09. The van der Waals surface area contributed by atoms with E-state index < -0.39 is 0 Å². The summed E-state index contributed by atoms with van der Waals surface area (Å²) in [5, 5.41) is 12.7. The Balaban J connectivity index is 1.68. The predicted octanol–water partition coefficient (Wildman–Crippen LogP) is 4.53. The first-order chi connectivity index (χ1) is 13.2. The van der Waals surface area contributed by atoms with Gasteiger partial charge in [-0.05, 0) is 42.9 Å². The van der Waals surface area contributed by atoms with Crippen molar-refractivity contribution in [1.29, 1.82) is 0 Å². The summed E-state index contributed by atoms with van der Waals surface area (Å²) in [6, 6.07) is 14.6. The molecule has 1 N–H and O–H groups in total. The van der Waals surface area contributed by atoms with Crippen LogP contribution in [0.3, 0.4) is 0 Å². The molecule has 7 heteroatoms. The van der Waals surface area contributed by atoms with Crippen molar-refractivity contribution in [1.82, 2.24) is 19.4 Å². The number of para-hydroxylation sites is 1. The molecule has 0 aliphatic carbocycles. The molecule has 0 spiro atoms. The minimum absolute atomic E-state index is 0.261. The molecule has 0 bridgehead atoms. The Morgan fingerprint density at radius 2 is 1.96 bits per heavy atom. The average molecular weight is 379 g/mol. The van der Waals surface area contributed by atoms with Crippen molar-refractivity contribution >= 4 is 29.3 Å². The second kappa shape index (κ2) is 7.28. The highest BCUT2D eigenvalue weighted by Crippen LogP contribution is 2.20. The number of aromatic amines is 1. The molecule has 27 heavy (non-hydrogen) atoms. The van der Waals surface area contributed by atoms with Gasteiger partial charge in [-0.2, -0.15) is 14.9 Å². The normalized spacial score (nSPS) is 11.6. The van der Waals surface area contributed by atoms with Gasteiger partial charge in [-0.15, -0.1) is 0 Å². The number of fused-ring (bicyclic) bond motifs is 1. The van der Waals surface area contributed by atoms with E-state index in [9.17, 15) is 4.39 Å². The number of rotatable bonds is 5. The van der Waals surface area contributed by atoms with Crippen molar-refractivity contribution in [3.63, 3.8) is 0 Å². The first-order valence-electron chi connectivity index (χ1n) is 8.68. The lowest BCUT2D eigenvalue weighted by Crippen LogP contribution is -2.00. The number of aromatic nitrogens is 4. The highest BCUT2D eigenvalue weighted by atomic mass is 32.1. The van der Waals surface area contributed by atoms with E-state index >= 15 is 0 Å². The summed E-state index contributed by atoms with van der Waals surface area (Å²) < 4.78 is 17.3. The number of hydrogen-bond donors (Lipinski definition) is 1. The van der Waals surface area contributed by atoms with Crippen molar-refractivity contribution in [3.05, 3.63) is 82.3 Å². The maximum atomic E-state index is 13.1.